The van der Waals surface area contributed by atoms with Crippen LogP contribution in [0.4, 0.5) is 13.2 Å². The zero-order valence-electron chi connectivity index (χ0n) is 8.59. The van der Waals surface area contributed by atoms with Crippen LogP contribution < -0.4 is 5.73 Å². The molecular weight excluding hydrogens is 227 g/mol. The van der Waals surface area contributed by atoms with E-state index in [1.807, 2.05) is 6.92 Å². The van der Waals surface area contributed by atoms with Gasteiger partial charge in [0, 0.05) is 24.2 Å². The predicted molar refractivity (Wildman–Crippen MR) is 54.9 cm³/mol. The third kappa shape index (κ3) is 3.85. The van der Waals surface area contributed by atoms with Gasteiger partial charge in [0.15, 0.2) is 0 Å². The van der Waals surface area contributed by atoms with Gasteiger partial charge in [-0.15, -0.1) is 0 Å². The summed E-state index contributed by atoms with van der Waals surface area (Å²) in [5, 5.41) is 0.182. The number of hydrogen-bond acceptors (Lipinski definition) is 3. The van der Waals surface area contributed by atoms with Crippen LogP contribution >= 0.6 is 11.8 Å². The van der Waals surface area contributed by atoms with Crippen molar-refractivity contribution in [1.29, 1.82) is 0 Å². The molecule has 2 N–H and O–H groups in total. The third-order valence-electron chi connectivity index (χ3n) is 2.57. The summed E-state index contributed by atoms with van der Waals surface area (Å²) in [7, 11) is 0. The lowest BCUT2D eigenvalue weighted by atomic mass is 10.2. The van der Waals surface area contributed by atoms with E-state index >= 15 is 0 Å². The van der Waals surface area contributed by atoms with Gasteiger partial charge in [-0.05, 0) is 13.3 Å². The average Bonchev–Trinajstić information content (AvgIpc) is 2.50. The summed E-state index contributed by atoms with van der Waals surface area (Å²) in [6.07, 6.45) is -3.28. The van der Waals surface area contributed by atoms with Crippen molar-refractivity contribution in [2.45, 2.75) is 30.9 Å². The molecule has 1 rings (SSSR count). The Morgan fingerprint density at radius 3 is 2.60 bits per heavy atom. The molecule has 0 bridgehead atoms. The predicted octanol–water partition coefficient (Wildman–Crippen LogP) is 2.03. The number of hydrogen-bond donors (Lipinski definition) is 1. The second kappa shape index (κ2) is 5.41. The van der Waals surface area contributed by atoms with Gasteiger partial charge in [-0.2, -0.15) is 24.9 Å². The Kier molecular flexibility index (Phi) is 4.73. The van der Waals surface area contributed by atoms with Crippen LogP contribution in [0.3, 0.4) is 0 Å². The summed E-state index contributed by atoms with van der Waals surface area (Å²) < 4.78 is 42.4. The van der Waals surface area contributed by atoms with Crippen molar-refractivity contribution in [3.63, 3.8) is 0 Å². The standard InChI is InChI=1S/C9H16F3NOS/c1-6-8(2-3-14-6)15-5-7(4-13)9(10,11)12/h6-8H,2-5,13H2,1H3. The van der Waals surface area contributed by atoms with Crippen molar-refractivity contribution in [2.75, 3.05) is 18.9 Å². The largest absolute Gasteiger partial charge is 0.393 e. The van der Waals surface area contributed by atoms with Gasteiger partial charge in [0.25, 0.3) is 0 Å². The van der Waals surface area contributed by atoms with Crippen molar-refractivity contribution in [3.05, 3.63) is 0 Å². The highest BCUT2D eigenvalue weighted by Gasteiger charge is 2.39. The first kappa shape index (κ1) is 13.1. The Morgan fingerprint density at radius 1 is 1.53 bits per heavy atom. The second-order valence-electron chi connectivity index (χ2n) is 3.71. The Bertz CT molecular complexity index is 200. The molecule has 15 heavy (non-hydrogen) atoms. The Labute approximate surface area is 91.7 Å². The molecule has 0 radical (unpaired) electrons. The monoisotopic (exact) mass is 243 g/mol. The molecule has 2 nitrogen and oxygen atoms in total. The van der Waals surface area contributed by atoms with Gasteiger partial charge in [-0.1, -0.05) is 0 Å². The molecule has 90 valence electrons. The quantitative estimate of drug-likeness (QED) is 0.820. The van der Waals surface area contributed by atoms with E-state index in [-0.39, 0.29) is 23.7 Å². The first-order valence-electron chi connectivity index (χ1n) is 4.95. The highest BCUT2D eigenvalue weighted by atomic mass is 32.2. The molecule has 1 saturated heterocycles. The minimum absolute atomic E-state index is 0.0400. The fourth-order valence-corrected chi connectivity index (χ4v) is 2.88. The number of alkyl halides is 3. The molecule has 6 heteroatoms. The second-order valence-corrected chi connectivity index (χ2v) is 4.98. The van der Waals surface area contributed by atoms with E-state index in [0.717, 1.165) is 6.42 Å². The molecule has 3 unspecified atom stereocenters. The Balaban J connectivity index is 2.34. The smallest absolute Gasteiger partial charge is 0.377 e. The highest BCUT2D eigenvalue weighted by Crippen LogP contribution is 2.33. The van der Waals surface area contributed by atoms with E-state index in [4.69, 9.17) is 10.5 Å². The van der Waals surface area contributed by atoms with Crippen LogP contribution in [0.15, 0.2) is 0 Å². The lowest BCUT2D eigenvalue weighted by Crippen LogP contribution is -2.33. The molecule has 1 aliphatic rings. The molecule has 0 amide bonds. The van der Waals surface area contributed by atoms with Crippen molar-refractivity contribution >= 4 is 11.8 Å². The maximum absolute atomic E-state index is 12.4. The molecular formula is C9H16F3NOS. The molecule has 1 heterocycles. The van der Waals surface area contributed by atoms with Crippen molar-refractivity contribution in [3.8, 4) is 0 Å². The number of halogens is 3. The normalized spacial score (nSPS) is 29.4. The van der Waals surface area contributed by atoms with Crippen LogP contribution in [0.5, 0.6) is 0 Å². The van der Waals surface area contributed by atoms with Crippen LogP contribution in [0.2, 0.25) is 0 Å². The molecule has 1 aliphatic heterocycles. The van der Waals surface area contributed by atoms with E-state index in [2.05, 4.69) is 0 Å². The van der Waals surface area contributed by atoms with Gasteiger partial charge in [-0.3, -0.25) is 0 Å². The van der Waals surface area contributed by atoms with Crippen molar-refractivity contribution in [1.82, 2.24) is 0 Å². The van der Waals surface area contributed by atoms with Crippen molar-refractivity contribution < 1.29 is 17.9 Å². The fourth-order valence-electron chi connectivity index (χ4n) is 1.47. The van der Waals surface area contributed by atoms with E-state index in [1.54, 1.807) is 0 Å². The van der Waals surface area contributed by atoms with Crippen LogP contribution in [0.25, 0.3) is 0 Å². The molecule has 0 aromatic rings. The molecule has 0 aromatic heterocycles. The van der Waals surface area contributed by atoms with Crippen molar-refractivity contribution in [2.24, 2.45) is 11.7 Å². The number of ether oxygens (including phenoxy) is 1. The average molecular weight is 243 g/mol. The van der Waals surface area contributed by atoms with Gasteiger partial charge in [-0.25, -0.2) is 0 Å². The maximum Gasteiger partial charge on any atom is 0.393 e. The summed E-state index contributed by atoms with van der Waals surface area (Å²) in [5.41, 5.74) is 5.11. The van der Waals surface area contributed by atoms with Gasteiger partial charge < -0.3 is 10.5 Å². The first-order chi connectivity index (χ1) is 6.95. The van der Waals surface area contributed by atoms with E-state index in [0.29, 0.717) is 6.61 Å². The summed E-state index contributed by atoms with van der Waals surface area (Å²) in [4.78, 5) is 0. The molecule has 1 fully saturated rings. The lowest BCUT2D eigenvalue weighted by Gasteiger charge is -2.20. The van der Waals surface area contributed by atoms with E-state index in [9.17, 15) is 13.2 Å². The van der Waals surface area contributed by atoms with Crippen LogP contribution in [-0.4, -0.2) is 36.4 Å². The summed E-state index contributed by atoms with van der Waals surface area (Å²) >= 11 is 1.33. The van der Waals surface area contributed by atoms with Gasteiger partial charge in [0.05, 0.1) is 12.0 Å². The van der Waals surface area contributed by atoms with Crippen LogP contribution in [0, 0.1) is 5.92 Å². The summed E-state index contributed by atoms with van der Waals surface area (Å²) in [5.74, 6) is -1.35. The molecule has 3 atom stereocenters. The van der Waals surface area contributed by atoms with Gasteiger partial charge in [0.2, 0.25) is 0 Å². The molecule has 0 spiro atoms. The zero-order valence-corrected chi connectivity index (χ0v) is 9.40. The lowest BCUT2D eigenvalue weighted by molar-refractivity contribution is -0.165. The Morgan fingerprint density at radius 2 is 2.20 bits per heavy atom. The summed E-state index contributed by atoms with van der Waals surface area (Å²) in [6.45, 7) is 2.21. The number of nitrogens with two attached hydrogens (primary N) is 1. The number of thioether (sulfide) groups is 1. The van der Waals surface area contributed by atoms with Gasteiger partial charge >= 0.3 is 6.18 Å². The van der Waals surface area contributed by atoms with Crippen LogP contribution in [0.1, 0.15) is 13.3 Å². The minimum atomic E-state index is -4.18. The SMILES string of the molecule is CC1OCCC1SCC(CN)C(F)(F)F. The molecule has 0 aromatic carbocycles. The van der Waals surface area contributed by atoms with Gasteiger partial charge in [0.1, 0.15) is 0 Å². The van der Waals surface area contributed by atoms with Crippen LogP contribution in [-0.2, 0) is 4.74 Å². The van der Waals surface area contributed by atoms with E-state index < -0.39 is 12.1 Å². The summed E-state index contributed by atoms with van der Waals surface area (Å²) in [6, 6.07) is 0. The fraction of sp³-hybridized carbons (Fsp3) is 1.00. The first-order valence-corrected chi connectivity index (χ1v) is 6.00. The Hall–Kier alpha value is 0.0600. The molecule has 0 aliphatic carbocycles. The maximum atomic E-state index is 12.4. The topological polar surface area (TPSA) is 35.2 Å². The third-order valence-corrected chi connectivity index (χ3v) is 4.21. The minimum Gasteiger partial charge on any atom is -0.377 e. The number of rotatable bonds is 4. The van der Waals surface area contributed by atoms with E-state index in [1.165, 1.54) is 11.8 Å². The zero-order chi connectivity index (χ0) is 11.5. The highest BCUT2D eigenvalue weighted by molar-refractivity contribution is 7.99. The molecule has 0 saturated carbocycles.